The third-order valence-electron chi connectivity index (χ3n) is 2.10. The van der Waals surface area contributed by atoms with Crippen LogP contribution in [0, 0.1) is 11.8 Å². The summed E-state index contributed by atoms with van der Waals surface area (Å²) in [7, 11) is 0. The van der Waals surface area contributed by atoms with E-state index < -0.39 is 0 Å². The molecule has 0 radical (unpaired) electrons. The molecule has 0 aliphatic carbocycles. The van der Waals surface area contributed by atoms with Crippen molar-refractivity contribution in [2.24, 2.45) is 11.8 Å². The van der Waals surface area contributed by atoms with Gasteiger partial charge in [0, 0.05) is 13.8 Å². The van der Waals surface area contributed by atoms with Crippen molar-refractivity contribution >= 4 is 11.9 Å². The standard InChI is InChI=1S/C9H18O2.C6H12O2/c1-8(2)6-4-5-7-11-9(3)10;1-5(2)4-8-6(3)7/h8H,4-7H2,1-3H3;5H,4H2,1-3H3. The molecule has 0 aromatic heterocycles. The Hall–Kier alpha value is -1.06. The zero-order valence-electron chi connectivity index (χ0n) is 13.3. The smallest absolute Gasteiger partial charge is 0.302 e. The van der Waals surface area contributed by atoms with Gasteiger partial charge in [0.2, 0.25) is 0 Å². The van der Waals surface area contributed by atoms with Gasteiger partial charge in [-0.25, -0.2) is 0 Å². The van der Waals surface area contributed by atoms with Crippen LogP contribution in [-0.2, 0) is 19.1 Å². The molecule has 0 N–H and O–H groups in total. The summed E-state index contributed by atoms with van der Waals surface area (Å²) in [5.74, 6) is 0.833. The summed E-state index contributed by atoms with van der Waals surface area (Å²) in [6, 6.07) is 0. The Bertz CT molecular complexity index is 234. The molecular weight excluding hydrogens is 244 g/mol. The van der Waals surface area contributed by atoms with Crippen LogP contribution in [0.1, 0.15) is 60.8 Å². The summed E-state index contributed by atoms with van der Waals surface area (Å²) >= 11 is 0. The Morgan fingerprint density at radius 3 is 1.68 bits per heavy atom. The predicted molar refractivity (Wildman–Crippen MR) is 76.8 cm³/mol. The minimum atomic E-state index is -0.196. The molecule has 0 saturated heterocycles. The van der Waals surface area contributed by atoms with Crippen molar-refractivity contribution in [1.29, 1.82) is 0 Å². The van der Waals surface area contributed by atoms with Crippen molar-refractivity contribution in [3.05, 3.63) is 0 Å². The first-order valence-corrected chi connectivity index (χ1v) is 7.02. The highest BCUT2D eigenvalue weighted by Gasteiger charge is 1.95. The Morgan fingerprint density at radius 2 is 1.37 bits per heavy atom. The van der Waals surface area contributed by atoms with Gasteiger partial charge in [0.25, 0.3) is 0 Å². The Kier molecular flexibility index (Phi) is 14.3. The first-order chi connectivity index (χ1) is 8.75. The maximum absolute atomic E-state index is 10.3. The second kappa shape index (κ2) is 13.4. The highest BCUT2D eigenvalue weighted by atomic mass is 16.5. The van der Waals surface area contributed by atoms with Crippen LogP contribution in [0.25, 0.3) is 0 Å². The molecule has 0 aromatic carbocycles. The van der Waals surface area contributed by atoms with Gasteiger partial charge in [-0.2, -0.15) is 0 Å². The molecule has 0 rings (SSSR count). The molecule has 0 aliphatic rings. The summed E-state index contributed by atoms with van der Waals surface area (Å²) in [6.07, 6.45) is 3.38. The normalized spacial score (nSPS) is 9.89. The van der Waals surface area contributed by atoms with Crippen LogP contribution in [-0.4, -0.2) is 25.2 Å². The minimum absolute atomic E-state index is 0.172. The molecule has 4 heteroatoms. The van der Waals surface area contributed by atoms with Crippen molar-refractivity contribution in [3.8, 4) is 0 Å². The van der Waals surface area contributed by atoms with Gasteiger partial charge in [0.05, 0.1) is 13.2 Å². The molecule has 0 heterocycles. The van der Waals surface area contributed by atoms with Gasteiger partial charge >= 0.3 is 11.9 Å². The van der Waals surface area contributed by atoms with Crippen molar-refractivity contribution < 1.29 is 19.1 Å². The van der Waals surface area contributed by atoms with Gasteiger partial charge in [0.1, 0.15) is 0 Å². The van der Waals surface area contributed by atoms with Gasteiger partial charge in [-0.05, 0) is 24.7 Å². The van der Waals surface area contributed by atoms with E-state index in [-0.39, 0.29) is 11.9 Å². The lowest BCUT2D eigenvalue weighted by molar-refractivity contribution is -0.142. The topological polar surface area (TPSA) is 52.6 Å². The summed E-state index contributed by atoms with van der Waals surface area (Å²) < 4.78 is 9.45. The van der Waals surface area contributed by atoms with Crippen LogP contribution in [0.5, 0.6) is 0 Å². The number of carbonyl (C=O) groups is 2. The van der Waals surface area contributed by atoms with E-state index in [9.17, 15) is 9.59 Å². The maximum atomic E-state index is 10.3. The number of esters is 2. The number of ether oxygens (including phenoxy) is 2. The van der Waals surface area contributed by atoms with Crippen molar-refractivity contribution in [3.63, 3.8) is 0 Å². The average molecular weight is 274 g/mol. The molecule has 0 spiro atoms. The average Bonchev–Trinajstić information content (AvgIpc) is 2.26. The summed E-state index contributed by atoms with van der Waals surface area (Å²) in [5.41, 5.74) is 0. The third kappa shape index (κ3) is 26.5. The SMILES string of the molecule is CC(=O)OCC(C)C.CC(=O)OCCCCC(C)C. The monoisotopic (exact) mass is 274 g/mol. The van der Waals surface area contributed by atoms with E-state index >= 15 is 0 Å². The largest absolute Gasteiger partial charge is 0.466 e. The Balaban J connectivity index is 0. The molecule has 0 unspecified atom stereocenters. The molecule has 0 atom stereocenters. The highest BCUT2D eigenvalue weighted by molar-refractivity contribution is 5.66. The number of unbranched alkanes of at least 4 members (excludes halogenated alkanes) is 1. The molecule has 0 aromatic rings. The van der Waals surface area contributed by atoms with Crippen LogP contribution in [0.15, 0.2) is 0 Å². The molecule has 0 fully saturated rings. The van der Waals surface area contributed by atoms with Crippen molar-refractivity contribution in [1.82, 2.24) is 0 Å². The predicted octanol–water partition coefficient (Wildman–Crippen LogP) is 3.58. The Labute approximate surface area is 117 Å². The highest BCUT2D eigenvalue weighted by Crippen LogP contribution is 2.05. The van der Waals surface area contributed by atoms with E-state index in [1.165, 1.54) is 20.3 Å². The van der Waals surface area contributed by atoms with Gasteiger partial charge < -0.3 is 9.47 Å². The fraction of sp³-hybridized carbons (Fsp3) is 0.867. The van der Waals surface area contributed by atoms with E-state index in [1.54, 1.807) is 0 Å². The summed E-state index contributed by atoms with van der Waals surface area (Å²) in [6.45, 7) is 12.4. The Morgan fingerprint density at radius 1 is 0.842 bits per heavy atom. The molecule has 0 saturated carbocycles. The van der Waals surface area contributed by atoms with Gasteiger partial charge in [-0.3, -0.25) is 9.59 Å². The number of hydrogen-bond acceptors (Lipinski definition) is 4. The van der Waals surface area contributed by atoms with E-state index in [4.69, 9.17) is 4.74 Å². The van der Waals surface area contributed by atoms with Crippen molar-refractivity contribution in [2.45, 2.75) is 60.8 Å². The molecule has 4 nitrogen and oxygen atoms in total. The zero-order chi connectivity index (χ0) is 15.3. The number of carbonyl (C=O) groups excluding carboxylic acids is 2. The fourth-order valence-corrected chi connectivity index (χ4v) is 1.15. The molecule has 0 bridgehead atoms. The second-order valence-corrected chi connectivity index (χ2v) is 5.43. The molecular formula is C15H30O4. The minimum Gasteiger partial charge on any atom is -0.466 e. The zero-order valence-corrected chi connectivity index (χ0v) is 13.3. The quantitative estimate of drug-likeness (QED) is 0.526. The number of rotatable bonds is 7. The van der Waals surface area contributed by atoms with E-state index in [2.05, 4.69) is 18.6 Å². The fourth-order valence-electron chi connectivity index (χ4n) is 1.15. The molecule has 19 heavy (non-hydrogen) atoms. The van der Waals surface area contributed by atoms with Crippen LogP contribution < -0.4 is 0 Å². The van der Waals surface area contributed by atoms with E-state index in [0.717, 1.165) is 18.8 Å². The van der Waals surface area contributed by atoms with Crippen LogP contribution in [0.4, 0.5) is 0 Å². The lowest BCUT2D eigenvalue weighted by atomic mass is 10.1. The van der Waals surface area contributed by atoms with Crippen LogP contribution >= 0.6 is 0 Å². The third-order valence-corrected chi connectivity index (χ3v) is 2.10. The van der Waals surface area contributed by atoms with E-state index in [0.29, 0.717) is 19.1 Å². The maximum Gasteiger partial charge on any atom is 0.302 e. The van der Waals surface area contributed by atoms with Crippen LogP contribution in [0.3, 0.4) is 0 Å². The number of hydrogen-bond donors (Lipinski definition) is 0. The molecule has 114 valence electrons. The second-order valence-electron chi connectivity index (χ2n) is 5.43. The summed E-state index contributed by atoms with van der Waals surface area (Å²) in [5, 5.41) is 0. The first-order valence-electron chi connectivity index (χ1n) is 7.02. The molecule has 0 amide bonds. The van der Waals surface area contributed by atoms with Gasteiger partial charge in [0.15, 0.2) is 0 Å². The molecule has 0 aliphatic heterocycles. The lowest BCUT2D eigenvalue weighted by Crippen LogP contribution is -2.05. The van der Waals surface area contributed by atoms with Crippen LogP contribution in [0.2, 0.25) is 0 Å². The lowest BCUT2D eigenvalue weighted by Gasteiger charge is -2.03. The van der Waals surface area contributed by atoms with Gasteiger partial charge in [-0.1, -0.05) is 34.1 Å². The van der Waals surface area contributed by atoms with Crippen molar-refractivity contribution in [2.75, 3.05) is 13.2 Å². The first kappa shape index (κ1) is 20.3. The summed E-state index contributed by atoms with van der Waals surface area (Å²) in [4.78, 5) is 20.4. The van der Waals surface area contributed by atoms with E-state index in [1.807, 2.05) is 13.8 Å². The van der Waals surface area contributed by atoms with Gasteiger partial charge in [-0.15, -0.1) is 0 Å².